The van der Waals surface area contributed by atoms with Gasteiger partial charge in [-0.05, 0) is 61.4 Å². The van der Waals surface area contributed by atoms with Crippen LogP contribution in [0.5, 0.6) is 0 Å². The average Bonchev–Trinajstić information content (AvgIpc) is 2.91. The molecular formula is C26H57NO6Si3. The maximum Gasteiger partial charge on any atom is 0.335 e. The molecule has 0 aliphatic carbocycles. The fourth-order valence-electron chi connectivity index (χ4n) is 5.75. The van der Waals surface area contributed by atoms with Crippen LogP contribution in [0, 0.1) is 0 Å². The first-order chi connectivity index (χ1) is 17.1. The second-order valence-corrected chi connectivity index (χ2v) is 24.6. The summed E-state index contributed by atoms with van der Waals surface area (Å²) in [7, 11) is -4.45. The topological polar surface area (TPSA) is 86.3 Å². The molecule has 0 spiro atoms. The van der Waals surface area contributed by atoms with Crippen LogP contribution in [-0.4, -0.2) is 80.1 Å². The minimum Gasteiger partial charge on any atom is -0.479 e. The summed E-state index contributed by atoms with van der Waals surface area (Å²) < 4.78 is 27.8. The lowest BCUT2D eigenvalue weighted by atomic mass is 9.95. The van der Waals surface area contributed by atoms with Crippen molar-refractivity contribution in [3.8, 4) is 0 Å². The SMILES string of the molecule is CC[Si](CC)(CC)O[C@@H]1[C@@H](O[Si](CC)(CC)CC)[C@H](C(=O)O)OC(CNC)[C@H]1O[Si](CC)(CC)CC. The standard InChI is InChI=1S/C26H57NO6Si3/c1-11-34(12-2,13-3)31-22-21(20-27-10)30-25(26(28)29)24(33-36(17-7,18-8)19-9)23(22)32-35(14-4,15-5)16-6/h21-25,27H,11-20H2,1-10H3,(H,28,29)/t21?,22-,23+,24-,25-/m1/s1. The van der Waals surface area contributed by atoms with Gasteiger partial charge in [0.1, 0.15) is 18.3 Å². The van der Waals surface area contributed by atoms with E-state index in [0.29, 0.717) is 6.54 Å². The van der Waals surface area contributed by atoms with E-state index in [4.69, 9.17) is 18.0 Å². The van der Waals surface area contributed by atoms with Crippen LogP contribution in [-0.2, 0) is 22.8 Å². The van der Waals surface area contributed by atoms with Gasteiger partial charge in [-0.3, -0.25) is 0 Å². The molecule has 0 aromatic rings. The van der Waals surface area contributed by atoms with Gasteiger partial charge in [-0.1, -0.05) is 62.3 Å². The van der Waals surface area contributed by atoms with Crippen molar-refractivity contribution in [2.75, 3.05) is 13.6 Å². The third kappa shape index (κ3) is 7.74. The Hall–Kier alpha value is -0.0794. The van der Waals surface area contributed by atoms with E-state index in [2.05, 4.69) is 67.6 Å². The Kier molecular flexibility index (Phi) is 14.6. The zero-order valence-electron chi connectivity index (χ0n) is 24.9. The van der Waals surface area contributed by atoms with E-state index in [1.807, 2.05) is 7.05 Å². The van der Waals surface area contributed by atoms with Crippen LogP contribution in [0.15, 0.2) is 0 Å². The summed E-state index contributed by atoms with van der Waals surface area (Å²) >= 11 is 0. The van der Waals surface area contributed by atoms with Gasteiger partial charge in [0.2, 0.25) is 0 Å². The molecule has 0 bridgehead atoms. The number of ether oxygens (including phenoxy) is 1. The summed E-state index contributed by atoms with van der Waals surface area (Å²) in [6.45, 7) is 20.4. The molecule has 0 amide bonds. The monoisotopic (exact) mass is 563 g/mol. The van der Waals surface area contributed by atoms with Crippen LogP contribution in [0.1, 0.15) is 62.3 Å². The maximum atomic E-state index is 12.7. The molecule has 0 radical (unpaired) electrons. The number of hydrogen-bond acceptors (Lipinski definition) is 6. The van der Waals surface area contributed by atoms with Crippen LogP contribution in [0.2, 0.25) is 54.4 Å². The zero-order valence-corrected chi connectivity index (χ0v) is 27.9. The number of carboxylic acid groups (broad SMARTS) is 1. The van der Waals surface area contributed by atoms with E-state index in [9.17, 15) is 9.90 Å². The van der Waals surface area contributed by atoms with Crippen LogP contribution < -0.4 is 5.32 Å². The molecule has 1 aliphatic heterocycles. The first-order valence-electron chi connectivity index (χ1n) is 14.6. The number of nitrogens with one attached hydrogen (secondary N) is 1. The van der Waals surface area contributed by atoms with Crippen LogP contribution in [0.4, 0.5) is 0 Å². The zero-order chi connectivity index (χ0) is 27.6. The Morgan fingerprint density at radius 3 is 1.31 bits per heavy atom. The van der Waals surface area contributed by atoms with E-state index < -0.39 is 55.3 Å². The Labute approximate surface area is 224 Å². The molecule has 1 unspecified atom stereocenters. The number of carbonyl (C=O) groups is 1. The third-order valence-electron chi connectivity index (χ3n) is 9.24. The normalized spacial score (nSPS) is 25.8. The van der Waals surface area contributed by atoms with E-state index in [-0.39, 0.29) is 6.10 Å². The van der Waals surface area contributed by atoms with Gasteiger partial charge in [0.05, 0.1) is 6.10 Å². The van der Waals surface area contributed by atoms with Gasteiger partial charge >= 0.3 is 5.97 Å². The van der Waals surface area contributed by atoms with Crippen molar-refractivity contribution in [1.29, 1.82) is 0 Å². The summed E-state index contributed by atoms with van der Waals surface area (Å²) in [4.78, 5) is 12.7. The third-order valence-corrected chi connectivity index (χ3v) is 23.2. The Bertz CT molecular complexity index is 618. The quantitative estimate of drug-likeness (QED) is 0.191. The molecule has 1 aliphatic rings. The number of likely N-dealkylation sites (N-methyl/N-ethyl adjacent to an activating group) is 1. The summed E-state index contributed by atoms with van der Waals surface area (Å²) in [6.07, 6.45) is -2.93. The number of rotatable bonds is 18. The Morgan fingerprint density at radius 1 is 0.667 bits per heavy atom. The Morgan fingerprint density at radius 2 is 1.00 bits per heavy atom. The highest BCUT2D eigenvalue weighted by Gasteiger charge is 2.55. The van der Waals surface area contributed by atoms with E-state index in [0.717, 1.165) is 54.4 Å². The summed E-state index contributed by atoms with van der Waals surface area (Å²) in [5.74, 6) is -0.971. The molecule has 0 aromatic heterocycles. The minimum absolute atomic E-state index is 0.349. The fourth-order valence-corrected chi connectivity index (χ4v) is 14.3. The van der Waals surface area contributed by atoms with E-state index >= 15 is 0 Å². The van der Waals surface area contributed by atoms with Gasteiger partial charge in [-0.25, -0.2) is 4.79 Å². The summed E-state index contributed by atoms with van der Waals surface area (Å²) in [5.41, 5.74) is 0. The molecule has 36 heavy (non-hydrogen) atoms. The first kappa shape index (κ1) is 33.9. The van der Waals surface area contributed by atoms with Crippen molar-refractivity contribution in [3.05, 3.63) is 0 Å². The summed E-state index contributed by atoms with van der Waals surface area (Å²) in [6, 6.07) is 8.82. The van der Waals surface area contributed by atoms with Gasteiger partial charge in [0, 0.05) is 6.54 Å². The molecule has 1 heterocycles. The van der Waals surface area contributed by atoms with Gasteiger partial charge < -0.3 is 28.4 Å². The van der Waals surface area contributed by atoms with Crippen LogP contribution in [0.3, 0.4) is 0 Å². The van der Waals surface area contributed by atoms with Gasteiger partial charge in [0.15, 0.2) is 31.1 Å². The number of hydrogen-bond donors (Lipinski definition) is 2. The molecule has 10 heteroatoms. The van der Waals surface area contributed by atoms with Crippen molar-refractivity contribution in [3.63, 3.8) is 0 Å². The van der Waals surface area contributed by atoms with Gasteiger partial charge in [-0.2, -0.15) is 0 Å². The van der Waals surface area contributed by atoms with Crippen LogP contribution in [0.25, 0.3) is 0 Å². The predicted octanol–water partition coefficient (Wildman–Crippen LogP) is 6.23. The molecule has 0 aromatic carbocycles. The van der Waals surface area contributed by atoms with E-state index in [1.165, 1.54) is 0 Å². The fraction of sp³-hybridized carbons (Fsp3) is 0.962. The second-order valence-electron chi connectivity index (χ2n) is 10.5. The maximum absolute atomic E-state index is 12.7. The van der Waals surface area contributed by atoms with Crippen molar-refractivity contribution in [2.45, 2.75) is 147 Å². The van der Waals surface area contributed by atoms with E-state index in [1.54, 1.807) is 0 Å². The lowest BCUT2D eigenvalue weighted by Gasteiger charge is -2.52. The highest BCUT2D eigenvalue weighted by molar-refractivity contribution is 6.74. The smallest absolute Gasteiger partial charge is 0.335 e. The first-order valence-corrected chi connectivity index (χ1v) is 22.2. The van der Waals surface area contributed by atoms with Gasteiger partial charge in [0.25, 0.3) is 0 Å². The molecule has 214 valence electrons. The van der Waals surface area contributed by atoms with Crippen LogP contribution >= 0.6 is 0 Å². The molecule has 1 saturated heterocycles. The highest BCUT2D eigenvalue weighted by Crippen LogP contribution is 2.39. The number of carboxylic acids is 1. The number of aliphatic carboxylic acids is 1. The molecule has 7 nitrogen and oxygen atoms in total. The molecule has 1 fully saturated rings. The second kappa shape index (κ2) is 15.5. The highest BCUT2D eigenvalue weighted by atomic mass is 28.4. The van der Waals surface area contributed by atoms with Crippen molar-refractivity contribution in [1.82, 2.24) is 5.32 Å². The minimum atomic E-state index is -2.16. The average molecular weight is 564 g/mol. The molecule has 2 N–H and O–H groups in total. The van der Waals surface area contributed by atoms with Crippen molar-refractivity contribution >= 4 is 30.9 Å². The molecular weight excluding hydrogens is 507 g/mol. The predicted molar refractivity (Wildman–Crippen MR) is 156 cm³/mol. The molecule has 5 atom stereocenters. The Balaban J connectivity index is 3.78. The van der Waals surface area contributed by atoms with Crippen molar-refractivity contribution < 1.29 is 27.9 Å². The molecule has 1 rings (SSSR count). The van der Waals surface area contributed by atoms with Crippen molar-refractivity contribution in [2.24, 2.45) is 0 Å². The van der Waals surface area contributed by atoms with Gasteiger partial charge in [-0.15, -0.1) is 0 Å². The summed E-state index contributed by atoms with van der Waals surface area (Å²) in [5, 5.41) is 13.6. The lowest BCUT2D eigenvalue weighted by molar-refractivity contribution is -0.216. The largest absolute Gasteiger partial charge is 0.479 e. The lowest BCUT2D eigenvalue weighted by Crippen LogP contribution is -2.69. The molecule has 0 saturated carbocycles.